The van der Waals surface area contributed by atoms with Crippen molar-refractivity contribution >= 4 is 0 Å². The summed E-state index contributed by atoms with van der Waals surface area (Å²) in [4.78, 5) is 0. The second-order valence-corrected chi connectivity index (χ2v) is 3.93. The minimum absolute atomic E-state index is 0.248. The number of hydrogen-bond acceptors (Lipinski definition) is 2. The van der Waals surface area contributed by atoms with Crippen LogP contribution in [0.2, 0.25) is 0 Å². The van der Waals surface area contributed by atoms with Crippen LogP contribution in [0, 0.1) is 11.7 Å². The van der Waals surface area contributed by atoms with Crippen LogP contribution in [0.5, 0.6) is 5.75 Å². The van der Waals surface area contributed by atoms with Crippen LogP contribution in [-0.4, -0.2) is 19.7 Å². The van der Waals surface area contributed by atoms with E-state index in [1.807, 2.05) is 13.0 Å². The molecule has 2 nitrogen and oxygen atoms in total. The Morgan fingerprint density at radius 1 is 1.47 bits per heavy atom. The summed E-state index contributed by atoms with van der Waals surface area (Å²) in [5, 5.41) is 3.21. The topological polar surface area (TPSA) is 21.3 Å². The minimum Gasteiger partial charge on any atom is -0.491 e. The fraction of sp³-hybridized carbons (Fsp3) is 0.500. The maximum Gasteiger partial charge on any atom is 0.165 e. The molecule has 2 rings (SSSR count). The summed E-state index contributed by atoms with van der Waals surface area (Å²) < 4.78 is 18.6. The molecule has 0 unspecified atom stereocenters. The van der Waals surface area contributed by atoms with E-state index in [-0.39, 0.29) is 5.82 Å². The van der Waals surface area contributed by atoms with E-state index in [0.29, 0.717) is 18.3 Å². The van der Waals surface area contributed by atoms with E-state index >= 15 is 0 Å². The molecule has 0 bridgehead atoms. The first-order valence-electron chi connectivity index (χ1n) is 5.41. The Morgan fingerprint density at radius 3 is 2.80 bits per heavy atom. The molecule has 0 atom stereocenters. The van der Waals surface area contributed by atoms with Crippen molar-refractivity contribution < 1.29 is 9.13 Å². The fourth-order valence-corrected chi connectivity index (χ4v) is 1.77. The highest BCUT2D eigenvalue weighted by molar-refractivity contribution is 5.29. The molecule has 0 radical (unpaired) electrons. The van der Waals surface area contributed by atoms with Crippen LogP contribution in [0.15, 0.2) is 18.2 Å². The normalized spacial score (nSPS) is 16.1. The van der Waals surface area contributed by atoms with Crippen molar-refractivity contribution in [2.45, 2.75) is 13.3 Å². The Bertz CT molecular complexity index is 336. The third-order valence-corrected chi connectivity index (χ3v) is 2.69. The SMILES string of the molecule is CCOc1ccc(CC2CNC2)cc1F. The predicted molar refractivity (Wildman–Crippen MR) is 57.6 cm³/mol. The monoisotopic (exact) mass is 209 g/mol. The van der Waals surface area contributed by atoms with Gasteiger partial charge in [-0.2, -0.15) is 0 Å². The molecule has 1 fully saturated rings. The van der Waals surface area contributed by atoms with Crippen molar-refractivity contribution in [3.8, 4) is 5.75 Å². The first-order chi connectivity index (χ1) is 7.29. The van der Waals surface area contributed by atoms with E-state index in [9.17, 15) is 4.39 Å². The molecule has 82 valence electrons. The van der Waals surface area contributed by atoms with E-state index < -0.39 is 0 Å². The lowest BCUT2D eigenvalue weighted by Gasteiger charge is -2.27. The van der Waals surface area contributed by atoms with Gasteiger partial charge < -0.3 is 10.1 Å². The van der Waals surface area contributed by atoms with Gasteiger partial charge in [0.2, 0.25) is 0 Å². The molecule has 3 heteroatoms. The molecule has 1 saturated heterocycles. The Labute approximate surface area is 89.4 Å². The molecule has 1 heterocycles. The summed E-state index contributed by atoms with van der Waals surface area (Å²) in [6.45, 7) is 4.46. The number of rotatable bonds is 4. The maximum absolute atomic E-state index is 13.5. The van der Waals surface area contributed by atoms with Gasteiger partial charge in [-0.15, -0.1) is 0 Å². The minimum atomic E-state index is -0.248. The van der Waals surface area contributed by atoms with Crippen LogP contribution in [0.3, 0.4) is 0 Å². The average Bonchev–Trinajstić information content (AvgIpc) is 2.16. The molecule has 0 spiro atoms. The number of hydrogen-bond donors (Lipinski definition) is 1. The highest BCUT2D eigenvalue weighted by atomic mass is 19.1. The summed E-state index contributed by atoms with van der Waals surface area (Å²) in [5.41, 5.74) is 1.06. The van der Waals surface area contributed by atoms with Crippen molar-refractivity contribution in [3.05, 3.63) is 29.6 Å². The summed E-state index contributed by atoms with van der Waals surface area (Å²) >= 11 is 0. The van der Waals surface area contributed by atoms with Gasteiger partial charge in [0, 0.05) is 0 Å². The number of halogens is 1. The van der Waals surface area contributed by atoms with Crippen LogP contribution in [0.4, 0.5) is 4.39 Å². The summed E-state index contributed by atoms with van der Waals surface area (Å²) in [7, 11) is 0. The summed E-state index contributed by atoms with van der Waals surface area (Å²) in [6.07, 6.45) is 0.955. The predicted octanol–water partition coefficient (Wildman–Crippen LogP) is 1.99. The van der Waals surface area contributed by atoms with Crippen LogP contribution >= 0.6 is 0 Å². The van der Waals surface area contributed by atoms with Gasteiger partial charge in [0.1, 0.15) is 0 Å². The van der Waals surface area contributed by atoms with Crippen LogP contribution in [0.25, 0.3) is 0 Å². The van der Waals surface area contributed by atoms with Gasteiger partial charge in [-0.1, -0.05) is 6.07 Å². The summed E-state index contributed by atoms with van der Waals surface area (Å²) in [6, 6.07) is 5.26. The standard InChI is InChI=1S/C12H16FNO/c1-2-15-12-4-3-9(6-11(12)13)5-10-7-14-8-10/h3-4,6,10,14H,2,5,7-8H2,1H3. The first kappa shape index (κ1) is 10.4. The first-order valence-corrected chi connectivity index (χ1v) is 5.41. The second kappa shape index (κ2) is 4.62. The molecule has 0 saturated carbocycles. The van der Waals surface area contributed by atoms with E-state index in [0.717, 1.165) is 25.1 Å². The Morgan fingerprint density at radius 2 is 2.27 bits per heavy atom. The Balaban J connectivity index is 2.03. The highest BCUT2D eigenvalue weighted by Crippen LogP contribution is 2.21. The average molecular weight is 209 g/mol. The maximum atomic E-state index is 13.5. The highest BCUT2D eigenvalue weighted by Gasteiger charge is 2.17. The van der Waals surface area contributed by atoms with Gasteiger partial charge >= 0.3 is 0 Å². The van der Waals surface area contributed by atoms with E-state index in [1.54, 1.807) is 12.1 Å². The van der Waals surface area contributed by atoms with Crippen molar-refractivity contribution in [3.63, 3.8) is 0 Å². The van der Waals surface area contributed by atoms with Gasteiger partial charge in [0.15, 0.2) is 11.6 Å². The smallest absolute Gasteiger partial charge is 0.165 e. The van der Waals surface area contributed by atoms with Crippen molar-refractivity contribution in [2.24, 2.45) is 5.92 Å². The molecular weight excluding hydrogens is 193 g/mol. The Hall–Kier alpha value is -1.09. The molecule has 15 heavy (non-hydrogen) atoms. The summed E-state index contributed by atoms with van der Waals surface area (Å²) in [5.74, 6) is 0.775. The van der Waals surface area contributed by atoms with Crippen LogP contribution in [-0.2, 0) is 6.42 Å². The van der Waals surface area contributed by atoms with Gasteiger partial charge in [-0.25, -0.2) is 4.39 Å². The van der Waals surface area contributed by atoms with Crippen molar-refractivity contribution in [2.75, 3.05) is 19.7 Å². The van der Waals surface area contributed by atoms with Crippen molar-refractivity contribution in [1.82, 2.24) is 5.32 Å². The second-order valence-electron chi connectivity index (χ2n) is 3.93. The zero-order valence-electron chi connectivity index (χ0n) is 8.92. The number of ether oxygens (including phenoxy) is 1. The van der Waals surface area contributed by atoms with E-state index in [2.05, 4.69) is 5.32 Å². The lowest BCUT2D eigenvalue weighted by Crippen LogP contribution is -2.43. The van der Waals surface area contributed by atoms with Gasteiger partial charge in [0.05, 0.1) is 6.61 Å². The lowest BCUT2D eigenvalue weighted by molar-refractivity contribution is 0.320. The molecule has 1 N–H and O–H groups in total. The lowest BCUT2D eigenvalue weighted by atomic mass is 9.94. The van der Waals surface area contributed by atoms with Gasteiger partial charge in [-0.3, -0.25) is 0 Å². The Kier molecular flexibility index (Phi) is 3.21. The molecule has 1 aromatic rings. The molecule has 0 amide bonds. The molecule has 0 aromatic heterocycles. The van der Waals surface area contributed by atoms with E-state index in [4.69, 9.17) is 4.74 Å². The molecular formula is C12H16FNO. The van der Waals surface area contributed by atoms with Crippen LogP contribution in [0.1, 0.15) is 12.5 Å². The van der Waals surface area contributed by atoms with Gasteiger partial charge in [-0.05, 0) is 50.0 Å². The van der Waals surface area contributed by atoms with Crippen LogP contribution < -0.4 is 10.1 Å². The molecule has 0 aliphatic carbocycles. The molecule has 1 aromatic carbocycles. The fourth-order valence-electron chi connectivity index (χ4n) is 1.77. The zero-order valence-corrected chi connectivity index (χ0v) is 8.92. The molecule has 1 aliphatic rings. The quantitative estimate of drug-likeness (QED) is 0.818. The zero-order chi connectivity index (χ0) is 10.7. The van der Waals surface area contributed by atoms with Crippen molar-refractivity contribution in [1.29, 1.82) is 0 Å². The molecule has 1 aliphatic heterocycles. The van der Waals surface area contributed by atoms with E-state index in [1.165, 1.54) is 0 Å². The third kappa shape index (κ3) is 2.48. The van der Waals surface area contributed by atoms with Gasteiger partial charge in [0.25, 0.3) is 0 Å². The third-order valence-electron chi connectivity index (χ3n) is 2.69. The number of nitrogens with one attached hydrogen (secondary N) is 1. The number of benzene rings is 1. The largest absolute Gasteiger partial charge is 0.491 e.